The number of rotatable bonds is 6. The molecule has 4 nitrogen and oxygen atoms in total. The predicted molar refractivity (Wildman–Crippen MR) is 85.0 cm³/mol. The molecule has 0 heterocycles. The fourth-order valence-corrected chi connectivity index (χ4v) is 1.89. The highest BCUT2D eigenvalue weighted by Gasteiger charge is 2.25. The van der Waals surface area contributed by atoms with Gasteiger partial charge in [-0.2, -0.15) is 0 Å². The first kappa shape index (κ1) is 18.6. The lowest BCUT2D eigenvalue weighted by Crippen LogP contribution is -2.46. The summed E-state index contributed by atoms with van der Waals surface area (Å²) in [5, 5.41) is 4.03. The lowest BCUT2D eigenvalue weighted by Gasteiger charge is -2.26. The van der Waals surface area contributed by atoms with Crippen LogP contribution in [0.25, 0.3) is 0 Å². The maximum Gasteiger partial charge on any atom is 0.408 e. The Balaban J connectivity index is 4.40. The van der Waals surface area contributed by atoms with Crippen LogP contribution < -0.4 is 5.32 Å². The topological polar surface area (TPSA) is 47.6 Å². The lowest BCUT2D eigenvalue weighted by molar-refractivity contribution is 0.0502. The molecule has 0 rings (SSSR count). The van der Waals surface area contributed by atoms with E-state index < -0.39 is 11.7 Å². The smallest absolute Gasteiger partial charge is 0.408 e. The predicted octanol–water partition coefficient (Wildman–Crippen LogP) is 3.66. The van der Waals surface area contributed by atoms with Gasteiger partial charge in [0.05, 0.1) is 6.61 Å². The van der Waals surface area contributed by atoms with E-state index in [1.54, 1.807) is 0 Å². The number of thiocarbonyl (C=S) groups is 1. The van der Waals surface area contributed by atoms with Crippen molar-refractivity contribution in [2.75, 3.05) is 11.9 Å². The maximum atomic E-state index is 11.8. The first-order valence-electron chi connectivity index (χ1n) is 6.39. The van der Waals surface area contributed by atoms with Gasteiger partial charge in [-0.05, 0) is 45.3 Å². The minimum absolute atomic E-state index is 0.143. The van der Waals surface area contributed by atoms with E-state index >= 15 is 0 Å². The lowest BCUT2D eigenvalue weighted by atomic mass is 10.1. The molecule has 1 atom stereocenters. The number of carbonyl (C=O) groups excluding carboxylic acids is 1. The first-order chi connectivity index (χ1) is 8.67. The van der Waals surface area contributed by atoms with Gasteiger partial charge in [-0.1, -0.05) is 29.8 Å². The summed E-state index contributed by atoms with van der Waals surface area (Å²) in [7, 11) is 0. The largest absolute Gasteiger partial charge is 0.485 e. The Morgan fingerprint density at radius 1 is 1.37 bits per heavy atom. The number of halogens is 1. The summed E-state index contributed by atoms with van der Waals surface area (Å²) in [5.74, 6) is 0.143. The van der Waals surface area contributed by atoms with Gasteiger partial charge in [0.25, 0.3) is 0 Å². The third-order valence-electron chi connectivity index (χ3n) is 2.12. The van der Waals surface area contributed by atoms with E-state index in [1.165, 1.54) is 0 Å². The molecule has 0 radical (unpaired) electrons. The van der Waals surface area contributed by atoms with Crippen molar-refractivity contribution in [1.82, 2.24) is 5.32 Å². The van der Waals surface area contributed by atoms with Crippen molar-refractivity contribution in [3.05, 3.63) is 0 Å². The Labute approximate surface area is 129 Å². The Morgan fingerprint density at radius 3 is 2.37 bits per heavy atom. The van der Waals surface area contributed by atoms with Crippen LogP contribution in [0.15, 0.2) is 0 Å². The molecule has 0 aliphatic rings. The number of nitrogens with one attached hydrogen (secondary N) is 1. The molecule has 112 valence electrons. The van der Waals surface area contributed by atoms with Crippen LogP contribution in [0, 0.1) is 5.92 Å². The molecular formula is C13H24BrNO3S. The van der Waals surface area contributed by atoms with Crippen molar-refractivity contribution in [2.45, 2.75) is 52.7 Å². The highest BCUT2D eigenvalue weighted by molar-refractivity contribution is 9.09. The molecule has 0 aromatic heterocycles. The first-order valence-corrected chi connectivity index (χ1v) is 7.92. The third-order valence-corrected chi connectivity index (χ3v) is 3.05. The van der Waals surface area contributed by atoms with Crippen LogP contribution in [-0.2, 0) is 9.47 Å². The van der Waals surface area contributed by atoms with Crippen molar-refractivity contribution >= 4 is 39.3 Å². The molecule has 1 amide bonds. The second-order valence-corrected chi connectivity index (χ2v) is 6.77. The van der Waals surface area contributed by atoms with E-state index in [0.29, 0.717) is 11.7 Å². The molecule has 0 spiro atoms. The van der Waals surface area contributed by atoms with Gasteiger partial charge in [0.1, 0.15) is 11.6 Å². The van der Waals surface area contributed by atoms with Crippen molar-refractivity contribution < 1.29 is 14.3 Å². The normalized spacial score (nSPS) is 13.0. The quantitative estimate of drug-likeness (QED) is 0.449. The van der Waals surface area contributed by atoms with Crippen LogP contribution in [0.5, 0.6) is 0 Å². The zero-order valence-electron chi connectivity index (χ0n) is 12.3. The second kappa shape index (κ2) is 8.74. The summed E-state index contributed by atoms with van der Waals surface area (Å²) < 4.78 is 10.7. The monoisotopic (exact) mass is 353 g/mol. The zero-order valence-corrected chi connectivity index (χ0v) is 14.7. The summed E-state index contributed by atoms with van der Waals surface area (Å²) >= 11 is 8.54. The van der Waals surface area contributed by atoms with Crippen LogP contribution in [-0.4, -0.2) is 34.7 Å². The number of hydrogen-bond donors (Lipinski definition) is 1. The minimum Gasteiger partial charge on any atom is -0.485 e. The van der Waals surface area contributed by atoms with E-state index in [4.69, 9.17) is 21.7 Å². The van der Waals surface area contributed by atoms with Crippen molar-refractivity contribution in [1.29, 1.82) is 0 Å². The zero-order chi connectivity index (χ0) is 15.1. The van der Waals surface area contributed by atoms with Gasteiger partial charge < -0.3 is 14.8 Å². The molecule has 0 bridgehead atoms. The van der Waals surface area contributed by atoms with E-state index in [9.17, 15) is 4.79 Å². The molecule has 0 aromatic carbocycles. The van der Waals surface area contributed by atoms with Gasteiger partial charge in [0, 0.05) is 5.33 Å². The molecule has 0 fully saturated rings. The highest BCUT2D eigenvalue weighted by atomic mass is 79.9. The van der Waals surface area contributed by atoms with E-state index in [-0.39, 0.29) is 12.0 Å². The van der Waals surface area contributed by atoms with Crippen LogP contribution in [0.3, 0.4) is 0 Å². The fraction of sp³-hybridized carbons (Fsp3) is 0.846. The molecule has 1 unspecified atom stereocenters. The molecule has 1 N–H and O–H groups in total. The summed E-state index contributed by atoms with van der Waals surface area (Å²) in [6.07, 6.45) is 0.398. The van der Waals surface area contributed by atoms with Gasteiger partial charge in [-0.15, -0.1) is 0 Å². The number of ether oxygens (including phenoxy) is 2. The van der Waals surface area contributed by atoms with Gasteiger partial charge in [-0.25, -0.2) is 4.79 Å². The average molecular weight is 354 g/mol. The molecule has 0 saturated heterocycles. The van der Waals surface area contributed by atoms with Gasteiger partial charge in [0.2, 0.25) is 0 Å². The van der Waals surface area contributed by atoms with Crippen molar-refractivity contribution in [3.8, 4) is 0 Å². The van der Waals surface area contributed by atoms with Gasteiger partial charge in [0.15, 0.2) is 5.05 Å². The minimum atomic E-state index is -0.524. The summed E-state index contributed by atoms with van der Waals surface area (Å²) in [5.41, 5.74) is -0.524. The molecule has 6 heteroatoms. The second-order valence-electron chi connectivity index (χ2n) is 5.58. The van der Waals surface area contributed by atoms with Crippen LogP contribution >= 0.6 is 28.1 Å². The van der Waals surface area contributed by atoms with Crippen molar-refractivity contribution in [2.24, 2.45) is 5.92 Å². The third kappa shape index (κ3) is 9.21. The number of carbonyl (C=O) groups is 1. The fourth-order valence-electron chi connectivity index (χ4n) is 1.25. The molecule has 0 aliphatic carbocycles. The van der Waals surface area contributed by atoms with E-state index in [1.807, 2.05) is 34.6 Å². The van der Waals surface area contributed by atoms with E-state index in [0.717, 1.165) is 11.8 Å². The van der Waals surface area contributed by atoms with E-state index in [2.05, 4.69) is 21.2 Å². The molecule has 19 heavy (non-hydrogen) atoms. The summed E-state index contributed by atoms with van der Waals surface area (Å²) in [6.45, 7) is 9.96. The number of amides is 1. The van der Waals surface area contributed by atoms with Gasteiger partial charge in [-0.3, -0.25) is 0 Å². The Kier molecular flexibility index (Phi) is 8.57. The number of alkyl halides is 1. The molecular weight excluding hydrogens is 330 g/mol. The maximum absolute atomic E-state index is 11.8. The number of hydrogen-bond acceptors (Lipinski definition) is 4. The standard InChI is InChI=1S/C13H24BrNO3S/c1-9(2)10(11(19)17-8-6-7-14)15-12(16)18-13(3,4)5/h9-10H,6-8H2,1-5H3,(H,15,16). The summed E-state index contributed by atoms with van der Waals surface area (Å²) in [6, 6.07) is -0.319. The highest BCUT2D eigenvalue weighted by Crippen LogP contribution is 2.10. The van der Waals surface area contributed by atoms with Crippen LogP contribution in [0.2, 0.25) is 0 Å². The average Bonchev–Trinajstić information content (AvgIpc) is 2.23. The Morgan fingerprint density at radius 2 is 1.95 bits per heavy atom. The molecule has 0 aromatic rings. The SMILES string of the molecule is CC(C)C(NC(=O)OC(C)(C)C)C(=S)OCCCBr. The van der Waals surface area contributed by atoms with Crippen molar-refractivity contribution in [3.63, 3.8) is 0 Å². The molecule has 0 saturated carbocycles. The summed E-state index contributed by atoms with van der Waals surface area (Å²) in [4.78, 5) is 11.8. The Bertz CT molecular complexity index is 303. The number of alkyl carbamates (subject to hydrolysis) is 1. The Hall–Kier alpha value is -0.360. The van der Waals surface area contributed by atoms with Crippen LogP contribution in [0.4, 0.5) is 4.79 Å². The van der Waals surface area contributed by atoms with Crippen LogP contribution in [0.1, 0.15) is 41.0 Å². The molecule has 0 aliphatic heterocycles. The van der Waals surface area contributed by atoms with Gasteiger partial charge >= 0.3 is 6.09 Å².